The lowest BCUT2D eigenvalue weighted by molar-refractivity contribution is -0.121. The van der Waals surface area contributed by atoms with Gasteiger partial charge in [-0.1, -0.05) is 12.1 Å². The van der Waals surface area contributed by atoms with E-state index < -0.39 is 11.6 Å². The third-order valence-electron chi connectivity index (χ3n) is 3.20. The van der Waals surface area contributed by atoms with Crippen LogP contribution in [0.15, 0.2) is 18.2 Å². The van der Waals surface area contributed by atoms with Crippen LogP contribution in [0.4, 0.5) is 8.78 Å². The molecule has 1 aromatic rings. The van der Waals surface area contributed by atoms with Crippen LogP contribution in [0.5, 0.6) is 0 Å². The van der Waals surface area contributed by atoms with Gasteiger partial charge in [-0.05, 0) is 36.8 Å². The normalized spacial score (nSPS) is 17.8. The molecule has 0 atom stereocenters. The molecule has 16 heavy (non-hydrogen) atoms. The first-order valence-electron chi connectivity index (χ1n) is 5.61. The molecule has 3 heteroatoms. The minimum atomic E-state index is -0.788. The zero-order valence-corrected chi connectivity index (χ0v) is 9.01. The van der Waals surface area contributed by atoms with Crippen LogP contribution in [-0.2, 0) is 11.2 Å². The van der Waals surface area contributed by atoms with Crippen molar-refractivity contribution in [2.45, 2.75) is 32.1 Å². The van der Waals surface area contributed by atoms with E-state index in [0.29, 0.717) is 30.7 Å². The molecule has 1 aliphatic rings. The molecule has 0 unspecified atom stereocenters. The average Bonchev–Trinajstić information content (AvgIpc) is 2.28. The second-order valence-corrected chi connectivity index (χ2v) is 4.40. The Hall–Kier alpha value is -1.25. The molecule has 1 saturated carbocycles. The highest BCUT2D eigenvalue weighted by molar-refractivity contribution is 5.79. The van der Waals surface area contributed by atoms with Crippen molar-refractivity contribution < 1.29 is 13.6 Å². The molecule has 0 heterocycles. The van der Waals surface area contributed by atoms with E-state index in [0.717, 1.165) is 18.9 Å². The van der Waals surface area contributed by atoms with Crippen molar-refractivity contribution in [3.63, 3.8) is 0 Å². The van der Waals surface area contributed by atoms with E-state index in [4.69, 9.17) is 0 Å². The number of carbonyl (C=O) groups excluding carboxylic acids is 1. The van der Waals surface area contributed by atoms with Gasteiger partial charge in [0.2, 0.25) is 0 Å². The van der Waals surface area contributed by atoms with E-state index in [-0.39, 0.29) is 5.78 Å². The molecule has 0 N–H and O–H groups in total. The summed E-state index contributed by atoms with van der Waals surface area (Å²) in [6.07, 6.45) is 3.31. The number of hydrogen-bond acceptors (Lipinski definition) is 1. The highest BCUT2D eigenvalue weighted by Gasteiger charge is 2.20. The minimum absolute atomic E-state index is 0.288. The van der Waals surface area contributed by atoms with Gasteiger partial charge in [0.1, 0.15) is 5.78 Å². The van der Waals surface area contributed by atoms with Crippen molar-refractivity contribution in [1.29, 1.82) is 0 Å². The van der Waals surface area contributed by atoms with E-state index >= 15 is 0 Å². The van der Waals surface area contributed by atoms with Gasteiger partial charge in [0.05, 0.1) is 0 Å². The quantitative estimate of drug-likeness (QED) is 0.753. The van der Waals surface area contributed by atoms with Gasteiger partial charge in [-0.25, -0.2) is 8.78 Å². The molecular weight excluding hydrogens is 210 g/mol. The van der Waals surface area contributed by atoms with Crippen molar-refractivity contribution in [3.05, 3.63) is 35.4 Å². The van der Waals surface area contributed by atoms with E-state index in [1.165, 1.54) is 6.07 Å². The Kier molecular flexibility index (Phi) is 3.32. The van der Waals surface area contributed by atoms with Crippen molar-refractivity contribution in [2.75, 3.05) is 0 Å². The zero-order valence-electron chi connectivity index (χ0n) is 9.01. The fourth-order valence-corrected chi connectivity index (χ4v) is 2.22. The van der Waals surface area contributed by atoms with Gasteiger partial charge in [-0.15, -0.1) is 0 Å². The zero-order chi connectivity index (χ0) is 11.5. The van der Waals surface area contributed by atoms with Crippen molar-refractivity contribution in [2.24, 2.45) is 5.92 Å². The highest BCUT2D eigenvalue weighted by Crippen LogP contribution is 2.26. The molecule has 0 aromatic heterocycles. The molecule has 1 nitrogen and oxygen atoms in total. The number of benzene rings is 1. The Morgan fingerprint density at radius 1 is 1.19 bits per heavy atom. The van der Waals surface area contributed by atoms with Crippen LogP contribution in [0.1, 0.15) is 31.2 Å². The van der Waals surface area contributed by atoms with Gasteiger partial charge in [-0.2, -0.15) is 0 Å². The summed E-state index contributed by atoms with van der Waals surface area (Å²) in [6, 6.07) is 4.28. The summed E-state index contributed by atoms with van der Waals surface area (Å²) >= 11 is 0. The molecule has 86 valence electrons. The summed E-state index contributed by atoms with van der Waals surface area (Å²) in [7, 11) is 0. The molecule has 0 bridgehead atoms. The summed E-state index contributed by atoms with van der Waals surface area (Å²) in [5.41, 5.74) is 0.430. The van der Waals surface area contributed by atoms with Crippen LogP contribution < -0.4 is 0 Å². The Labute approximate surface area is 93.5 Å². The second kappa shape index (κ2) is 4.73. The second-order valence-electron chi connectivity index (χ2n) is 4.40. The van der Waals surface area contributed by atoms with Crippen molar-refractivity contribution >= 4 is 5.78 Å². The highest BCUT2D eigenvalue weighted by atomic mass is 19.2. The maximum Gasteiger partial charge on any atom is 0.162 e. The molecule has 1 aromatic carbocycles. The Balaban J connectivity index is 2.04. The average molecular weight is 224 g/mol. The van der Waals surface area contributed by atoms with Crippen LogP contribution in [0.25, 0.3) is 0 Å². The maximum absolute atomic E-state index is 13.4. The SMILES string of the molecule is O=C1CCC(Cc2cccc(F)c2F)CC1. The predicted octanol–water partition coefficient (Wildman–Crippen LogP) is 3.27. The first kappa shape index (κ1) is 11.2. The third kappa shape index (κ3) is 2.46. The van der Waals surface area contributed by atoms with Crippen LogP contribution in [0.2, 0.25) is 0 Å². The summed E-state index contributed by atoms with van der Waals surface area (Å²) < 4.78 is 26.4. The van der Waals surface area contributed by atoms with Crippen LogP contribution in [0, 0.1) is 17.6 Å². The Bertz CT molecular complexity index is 391. The number of carbonyl (C=O) groups is 1. The Morgan fingerprint density at radius 3 is 2.56 bits per heavy atom. The van der Waals surface area contributed by atoms with E-state index in [1.54, 1.807) is 6.07 Å². The number of Topliss-reactive ketones (excluding diaryl/α,β-unsaturated/α-hetero) is 1. The first-order valence-corrected chi connectivity index (χ1v) is 5.61. The van der Waals surface area contributed by atoms with E-state index in [9.17, 15) is 13.6 Å². The summed E-state index contributed by atoms with van der Waals surface area (Å²) in [4.78, 5) is 11.0. The topological polar surface area (TPSA) is 17.1 Å². The summed E-state index contributed by atoms with van der Waals surface area (Å²) in [5.74, 6) is -0.922. The standard InChI is InChI=1S/C13H14F2O/c14-12-3-1-2-10(13(12)15)8-9-4-6-11(16)7-5-9/h1-3,9H,4-8H2. The lowest BCUT2D eigenvalue weighted by Gasteiger charge is -2.21. The molecule has 1 fully saturated rings. The van der Waals surface area contributed by atoms with Gasteiger partial charge in [0, 0.05) is 12.8 Å². The third-order valence-corrected chi connectivity index (χ3v) is 3.20. The van der Waals surface area contributed by atoms with Gasteiger partial charge < -0.3 is 0 Å². The number of ketones is 1. The molecular formula is C13H14F2O. The molecule has 1 aliphatic carbocycles. The van der Waals surface area contributed by atoms with Crippen molar-refractivity contribution in [3.8, 4) is 0 Å². The molecule has 2 rings (SSSR count). The number of halogens is 2. The number of rotatable bonds is 2. The molecule has 0 amide bonds. The molecule has 0 saturated heterocycles. The monoisotopic (exact) mass is 224 g/mol. The van der Waals surface area contributed by atoms with Crippen LogP contribution in [-0.4, -0.2) is 5.78 Å². The van der Waals surface area contributed by atoms with Crippen LogP contribution >= 0.6 is 0 Å². The fourth-order valence-electron chi connectivity index (χ4n) is 2.22. The van der Waals surface area contributed by atoms with Crippen molar-refractivity contribution in [1.82, 2.24) is 0 Å². The van der Waals surface area contributed by atoms with E-state index in [2.05, 4.69) is 0 Å². The van der Waals surface area contributed by atoms with E-state index in [1.807, 2.05) is 0 Å². The summed E-state index contributed by atoms with van der Waals surface area (Å²) in [5, 5.41) is 0. The lowest BCUT2D eigenvalue weighted by atomic mass is 9.84. The first-order chi connectivity index (χ1) is 7.66. The summed E-state index contributed by atoms with van der Waals surface area (Å²) in [6.45, 7) is 0. The fraction of sp³-hybridized carbons (Fsp3) is 0.462. The maximum atomic E-state index is 13.4. The lowest BCUT2D eigenvalue weighted by Crippen LogP contribution is -2.16. The molecule has 0 aliphatic heterocycles. The van der Waals surface area contributed by atoms with Gasteiger partial charge in [-0.3, -0.25) is 4.79 Å². The van der Waals surface area contributed by atoms with Gasteiger partial charge in [0.15, 0.2) is 11.6 Å². The van der Waals surface area contributed by atoms with Gasteiger partial charge in [0.25, 0.3) is 0 Å². The predicted molar refractivity (Wildman–Crippen MR) is 57.0 cm³/mol. The largest absolute Gasteiger partial charge is 0.300 e. The minimum Gasteiger partial charge on any atom is -0.300 e. The van der Waals surface area contributed by atoms with Gasteiger partial charge >= 0.3 is 0 Å². The molecule has 0 radical (unpaired) electrons. The Morgan fingerprint density at radius 2 is 1.88 bits per heavy atom. The smallest absolute Gasteiger partial charge is 0.162 e. The molecule has 0 spiro atoms. The van der Waals surface area contributed by atoms with Crippen LogP contribution in [0.3, 0.4) is 0 Å². The number of hydrogen-bond donors (Lipinski definition) is 0.